The maximum atomic E-state index is 13.7. The maximum Gasteiger partial charge on any atom is 0.191 e. The molecule has 2 aromatic carbocycles. The monoisotopic (exact) mass is 364 g/mol. The molecule has 0 bridgehead atoms. The summed E-state index contributed by atoms with van der Waals surface area (Å²) in [7, 11) is 0. The van der Waals surface area contributed by atoms with Gasteiger partial charge in [0.1, 0.15) is 5.82 Å². The second-order valence-corrected chi connectivity index (χ2v) is 6.27. The molecule has 0 radical (unpaired) electrons. The zero-order valence-electron chi connectivity index (χ0n) is 15.6. The number of benzene rings is 2. The fourth-order valence-corrected chi connectivity index (χ4v) is 3.02. The lowest BCUT2D eigenvalue weighted by atomic mass is 10.1. The molecule has 5 heteroatoms. The van der Waals surface area contributed by atoms with Crippen molar-refractivity contribution >= 4 is 16.9 Å². The Morgan fingerprint density at radius 3 is 2.63 bits per heavy atom. The molecular formula is C22H25FN4. The molecule has 3 aromatic rings. The van der Waals surface area contributed by atoms with Crippen LogP contribution < -0.4 is 10.6 Å². The van der Waals surface area contributed by atoms with Crippen LogP contribution in [0.1, 0.15) is 18.1 Å². The lowest BCUT2D eigenvalue weighted by Gasteiger charge is -2.12. The van der Waals surface area contributed by atoms with Gasteiger partial charge >= 0.3 is 0 Å². The van der Waals surface area contributed by atoms with Crippen LogP contribution in [-0.4, -0.2) is 30.6 Å². The number of para-hydroxylation sites is 1. The van der Waals surface area contributed by atoms with Gasteiger partial charge in [-0.15, -0.1) is 0 Å². The van der Waals surface area contributed by atoms with Crippen molar-refractivity contribution in [1.29, 1.82) is 0 Å². The highest BCUT2D eigenvalue weighted by atomic mass is 19.1. The number of hydrogen-bond donors (Lipinski definition) is 2. The first kappa shape index (κ1) is 18.8. The van der Waals surface area contributed by atoms with Crippen molar-refractivity contribution in [3.05, 3.63) is 77.7 Å². The average Bonchev–Trinajstić information content (AvgIpc) is 2.69. The van der Waals surface area contributed by atoms with E-state index in [4.69, 9.17) is 0 Å². The SMILES string of the molecule is CCNC(=NCCc1ccccc1F)NCCc1cccc2cccnc12. The molecule has 4 nitrogen and oxygen atoms in total. The molecule has 0 aliphatic rings. The molecule has 0 amide bonds. The smallest absolute Gasteiger partial charge is 0.191 e. The van der Waals surface area contributed by atoms with E-state index in [2.05, 4.69) is 44.9 Å². The highest BCUT2D eigenvalue weighted by molar-refractivity contribution is 5.82. The van der Waals surface area contributed by atoms with Crippen molar-refractivity contribution in [3.63, 3.8) is 0 Å². The Morgan fingerprint density at radius 2 is 1.78 bits per heavy atom. The summed E-state index contributed by atoms with van der Waals surface area (Å²) in [5.41, 5.74) is 2.95. The molecular weight excluding hydrogens is 339 g/mol. The summed E-state index contributed by atoms with van der Waals surface area (Å²) in [4.78, 5) is 9.05. The molecule has 0 aliphatic carbocycles. The van der Waals surface area contributed by atoms with Crippen molar-refractivity contribution in [3.8, 4) is 0 Å². The molecule has 140 valence electrons. The second kappa shape index (κ2) is 9.67. The van der Waals surface area contributed by atoms with Gasteiger partial charge in [-0.3, -0.25) is 9.98 Å². The Labute approximate surface area is 159 Å². The number of guanidine groups is 1. The standard InChI is InChI=1S/C22H25FN4/c1-2-24-22(26-15-12-17-7-3-4-11-20(17)23)27-16-13-19-9-5-8-18-10-6-14-25-21(18)19/h3-11,14H,2,12-13,15-16H2,1H3,(H2,24,26,27). The van der Waals surface area contributed by atoms with Gasteiger partial charge in [0.15, 0.2) is 5.96 Å². The molecule has 0 aliphatic heterocycles. The Morgan fingerprint density at radius 1 is 0.963 bits per heavy atom. The molecule has 0 saturated heterocycles. The van der Waals surface area contributed by atoms with Crippen LogP contribution in [0.25, 0.3) is 10.9 Å². The van der Waals surface area contributed by atoms with Gasteiger partial charge < -0.3 is 10.6 Å². The number of pyridine rings is 1. The predicted octanol–water partition coefficient (Wildman–Crippen LogP) is 3.71. The number of fused-ring (bicyclic) bond motifs is 1. The van der Waals surface area contributed by atoms with Gasteiger partial charge in [-0.2, -0.15) is 0 Å². The Kier molecular flexibility index (Phi) is 6.74. The van der Waals surface area contributed by atoms with E-state index in [0.717, 1.165) is 36.4 Å². The third-order valence-electron chi connectivity index (χ3n) is 4.36. The van der Waals surface area contributed by atoms with Gasteiger partial charge in [0.25, 0.3) is 0 Å². The average molecular weight is 364 g/mol. The van der Waals surface area contributed by atoms with Crippen LogP contribution in [0, 0.1) is 5.82 Å². The predicted molar refractivity (Wildman–Crippen MR) is 110 cm³/mol. The number of halogens is 1. The summed E-state index contributed by atoms with van der Waals surface area (Å²) in [5.74, 6) is 0.580. The van der Waals surface area contributed by atoms with E-state index in [1.165, 1.54) is 11.6 Å². The van der Waals surface area contributed by atoms with Crippen LogP contribution in [-0.2, 0) is 12.8 Å². The summed E-state index contributed by atoms with van der Waals surface area (Å²) in [6.45, 7) is 4.09. The Hall–Kier alpha value is -2.95. The van der Waals surface area contributed by atoms with Crippen molar-refractivity contribution in [2.24, 2.45) is 4.99 Å². The van der Waals surface area contributed by atoms with E-state index in [-0.39, 0.29) is 5.82 Å². The fraction of sp³-hybridized carbons (Fsp3) is 0.273. The lowest BCUT2D eigenvalue weighted by Crippen LogP contribution is -2.38. The lowest BCUT2D eigenvalue weighted by molar-refractivity contribution is 0.609. The van der Waals surface area contributed by atoms with Crippen LogP contribution in [0.15, 0.2) is 65.8 Å². The minimum atomic E-state index is -0.172. The molecule has 2 N–H and O–H groups in total. The number of nitrogens with zero attached hydrogens (tertiary/aromatic N) is 2. The number of aliphatic imine (C=N–C) groups is 1. The summed E-state index contributed by atoms with van der Waals surface area (Å²) in [6.07, 6.45) is 3.26. The molecule has 1 heterocycles. The van der Waals surface area contributed by atoms with E-state index < -0.39 is 0 Å². The number of aromatic nitrogens is 1. The molecule has 0 unspecified atom stereocenters. The summed E-state index contributed by atoms with van der Waals surface area (Å²) >= 11 is 0. The molecule has 0 atom stereocenters. The van der Waals surface area contributed by atoms with E-state index in [9.17, 15) is 4.39 Å². The third kappa shape index (κ3) is 5.26. The molecule has 0 saturated carbocycles. The zero-order chi connectivity index (χ0) is 18.9. The van der Waals surface area contributed by atoms with E-state index in [1.807, 2.05) is 25.3 Å². The first-order chi connectivity index (χ1) is 13.3. The first-order valence-corrected chi connectivity index (χ1v) is 9.36. The van der Waals surface area contributed by atoms with Crippen molar-refractivity contribution < 1.29 is 4.39 Å². The second-order valence-electron chi connectivity index (χ2n) is 6.27. The molecule has 1 aromatic heterocycles. The quantitative estimate of drug-likeness (QED) is 0.496. The molecule has 0 spiro atoms. The minimum Gasteiger partial charge on any atom is -0.357 e. The van der Waals surface area contributed by atoms with Gasteiger partial charge in [-0.1, -0.05) is 42.5 Å². The number of hydrogen-bond acceptors (Lipinski definition) is 2. The fourth-order valence-electron chi connectivity index (χ4n) is 3.02. The zero-order valence-corrected chi connectivity index (χ0v) is 15.6. The van der Waals surface area contributed by atoms with E-state index >= 15 is 0 Å². The van der Waals surface area contributed by atoms with Gasteiger partial charge in [0.05, 0.1) is 5.52 Å². The van der Waals surface area contributed by atoms with Crippen molar-refractivity contribution in [2.75, 3.05) is 19.6 Å². The topological polar surface area (TPSA) is 49.3 Å². The number of nitrogens with one attached hydrogen (secondary N) is 2. The third-order valence-corrected chi connectivity index (χ3v) is 4.36. The summed E-state index contributed by atoms with van der Waals surface area (Å²) in [6, 6.07) is 17.1. The van der Waals surface area contributed by atoms with Crippen LogP contribution in [0.3, 0.4) is 0 Å². The summed E-state index contributed by atoms with van der Waals surface area (Å²) < 4.78 is 13.7. The molecule has 0 fully saturated rings. The Balaban J connectivity index is 1.57. The van der Waals surface area contributed by atoms with E-state index in [1.54, 1.807) is 12.1 Å². The molecule has 27 heavy (non-hydrogen) atoms. The van der Waals surface area contributed by atoms with Crippen LogP contribution in [0.5, 0.6) is 0 Å². The minimum absolute atomic E-state index is 0.172. The highest BCUT2D eigenvalue weighted by Gasteiger charge is 2.04. The van der Waals surface area contributed by atoms with Gasteiger partial charge in [-0.05, 0) is 43.0 Å². The molecule has 3 rings (SSSR count). The maximum absolute atomic E-state index is 13.7. The normalized spacial score (nSPS) is 11.6. The largest absolute Gasteiger partial charge is 0.357 e. The number of rotatable bonds is 7. The Bertz CT molecular complexity index is 902. The van der Waals surface area contributed by atoms with Crippen LogP contribution in [0.2, 0.25) is 0 Å². The van der Waals surface area contributed by atoms with Gasteiger partial charge in [0, 0.05) is 31.2 Å². The summed E-state index contributed by atoms with van der Waals surface area (Å²) in [5, 5.41) is 7.74. The van der Waals surface area contributed by atoms with Crippen LogP contribution in [0.4, 0.5) is 4.39 Å². The van der Waals surface area contributed by atoms with Crippen molar-refractivity contribution in [1.82, 2.24) is 15.6 Å². The van der Waals surface area contributed by atoms with Crippen LogP contribution >= 0.6 is 0 Å². The highest BCUT2D eigenvalue weighted by Crippen LogP contribution is 2.16. The van der Waals surface area contributed by atoms with Gasteiger partial charge in [0.2, 0.25) is 0 Å². The van der Waals surface area contributed by atoms with Crippen molar-refractivity contribution in [2.45, 2.75) is 19.8 Å². The van der Waals surface area contributed by atoms with E-state index in [0.29, 0.717) is 18.5 Å². The first-order valence-electron chi connectivity index (χ1n) is 9.36. The van der Waals surface area contributed by atoms with Gasteiger partial charge in [-0.25, -0.2) is 4.39 Å².